The predicted octanol–water partition coefficient (Wildman–Crippen LogP) is 4.36. The lowest BCUT2D eigenvalue weighted by atomic mass is 10.1. The summed E-state index contributed by atoms with van der Waals surface area (Å²) in [5.41, 5.74) is 3.99. The molecule has 0 heterocycles. The van der Waals surface area contributed by atoms with E-state index in [2.05, 4.69) is 16.0 Å². The van der Waals surface area contributed by atoms with Gasteiger partial charge in [0.1, 0.15) is 0 Å². The molecule has 142 valence electrons. The van der Waals surface area contributed by atoms with Gasteiger partial charge in [-0.05, 0) is 48.4 Å². The summed E-state index contributed by atoms with van der Waals surface area (Å²) >= 11 is 0. The zero-order chi connectivity index (χ0) is 19.8. The number of nitrogens with one attached hydrogen (secondary N) is 3. The molecule has 28 heavy (non-hydrogen) atoms. The number of hydrogen-bond acceptors (Lipinski definition) is 3. The first-order valence-electron chi connectivity index (χ1n) is 9.17. The van der Waals surface area contributed by atoms with Crippen molar-refractivity contribution in [1.29, 1.82) is 0 Å². The highest BCUT2D eigenvalue weighted by Gasteiger charge is 2.11. The molecule has 2 amide bonds. The number of carbonyl (C=O) groups is 2. The largest absolute Gasteiger partial charge is 0.359 e. The van der Waals surface area contributed by atoms with Crippen molar-refractivity contribution in [3.63, 3.8) is 0 Å². The number of aryl methyl sites for hydroxylation is 1. The molecule has 0 atom stereocenters. The first-order valence-corrected chi connectivity index (χ1v) is 9.17. The molecule has 5 heteroatoms. The molecular weight excluding hydrogens is 350 g/mol. The molecule has 3 N–H and O–H groups in total. The van der Waals surface area contributed by atoms with Crippen molar-refractivity contribution in [2.75, 3.05) is 17.7 Å². The second-order valence-electron chi connectivity index (χ2n) is 6.36. The van der Waals surface area contributed by atoms with Crippen molar-refractivity contribution in [1.82, 2.24) is 5.32 Å². The average Bonchev–Trinajstić information content (AvgIpc) is 2.74. The van der Waals surface area contributed by atoms with Crippen LogP contribution in [-0.2, 0) is 11.2 Å². The van der Waals surface area contributed by atoms with Gasteiger partial charge in [-0.15, -0.1) is 0 Å². The summed E-state index contributed by atoms with van der Waals surface area (Å²) in [4.78, 5) is 24.1. The monoisotopic (exact) mass is 373 g/mol. The number of amides is 2. The summed E-state index contributed by atoms with van der Waals surface area (Å²) in [5, 5.41) is 8.82. The summed E-state index contributed by atoms with van der Waals surface area (Å²) < 4.78 is 0. The van der Waals surface area contributed by atoms with Gasteiger partial charge in [-0.2, -0.15) is 0 Å². The number of rotatable bonds is 7. The molecule has 0 saturated heterocycles. The fourth-order valence-electron chi connectivity index (χ4n) is 2.80. The fraction of sp³-hybridized carbons (Fsp3) is 0.130. The van der Waals surface area contributed by atoms with Crippen molar-refractivity contribution in [2.24, 2.45) is 0 Å². The predicted molar refractivity (Wildman–Crippen MR) is 113 cm³/mol. The van der Waals surface area contributed by atoms with Crippen molar-refractivity contribution < 1.29 is 9.59 Å². The summed E-state index contributed by atoms with van der Waals surface area (Å²) in [6.45, 7) is 0. The Labute approximate surface area is 164 Å². The number of para-hydroxylation sites is 2. The van der Waals surface area contributed by atoms with Crippen LogP contribution < -0.4 is 16.0 Å². The van der Waals surface area contributed by atoms with Gasteiger partial charge in [-0.25, -0.2) is 0 Å². The van der Waals surface area contributed by atoms with Gasteiger partial charge in [-0.1, -0.05) is 42.5 Å². The molecule has 0 radical (unpaired) electrons. The van der Waals surface area contributed by atoms with Crippen LogP contribution in [0.4, 0.5) is 17.1 Å². The third-order valence-electron chi connectivity index (χ3n) is 4.36. The van der Waals surface area contributed by atoms with E-state index in [0.29, 0.717) is 24.1 Å². The molecule has 0 fully saturated rings. The molecular formula is C23H23N3O2. The highest BCUT2D eigenvalue weighted by molar-refractivity contribution is 6.08. The van der Waals surface area contributed by atoms with E-state index >= 15 is 0 Å². The SMILES string of the molecule is CNC(=O)CCc1ccc(NC(=O)c2ccccc2Nc2ccccc2)cc1. The molecule has 0 spiro atoms. The topological polar surface area (TPSA) is 70.2 Å². The maximum absolute atomic E-state index is 12.8. The Morgan fingerprint density at radius 3 is 2.18 bits per heavy atom. The highest BCUT2D eigenvalue weighted by atomic mass is 16.2. The Morgan fingerprint density at radius 1 is 0.786 bits per heavy atom. The Kier molecular flexibility index (Phi) is 6.41. The van der Waals surface area contributed by atoms with Crippen LogP contribution in [0.3, 0.4) is 0 Å². The van der Waals surface area contributed by atoms with Gasteiger partial charge in [-0.3, -0.25) is 9.59 Å². The van der Waals surface area contributed by atoms with E-state index < -0.39 is 0 Å². The van der Waals surface area contributed by atoms with Gasteiger partial charge < -0.3 is 16.0 Å². The van der Waals surface area contributed by atoms with Gasteiger partial charge in [0.15, 0.2) is 0 Å². The van der Waals surface area contributed by atoms with E-state index in [1.807, 2.05) is 72.8 Å². The standard InChI is InChI=1S/C23H23N3O2/c1-24-22(27)16-13-17-11-14-19(15-12-17)26-23(28)20-9-5-6-10-21(20)25-18-7-3-2-4-8-18/h2-12,14-15,25H,13,16H2,1H3,(H,24,27)(H,26,28). The lowest BCUT2D eigenvalue weighted by molar-refractivity contribution is -0.120. The minimum atomic E-state index is -0.183. The lowest BCUT2D eigenvalue weighted by Crippen LogP contribution is -2.17. The van der Waals surface area contributed by atoms with Gasteiger partial charge >= 0.3 is 0 Å². The molecule has 0 aliphatic rings. The molecule has 3 aromatic rings. The Morgan fingerprint density at radius 2 is 1.46 bits per heavy atom. The molecule has 0 aliphatic carbocycles. The maximum Gasteiger partial charge on any atom is 0.257 e. The molecule has 0 aliphatic heterocycles. The van der Waals surface area contributed by atoms with Gasteiger partial charge in [0.25, 0.3) is 5.91 Å². The quantitative estimate of drug-likeness (QED) is 0.576. The minimum absolute atomic E-state index is 0.0138. The van der Waals surface area contributed by atoms with Crippen molar-refractivity contribution in [2.45, 2.75) is 12.8 Å². The summed E-state index contributed by atoms with van der Waals surface area (Å²) in [6, 6.07) is 24.7. The number of carbonyl (C=O) groups excluding carboxylic acids is 2. The van der Waals surface area contributed by atoms with Crippen molar-refractivity contribution in [3.8, 4) is 0 Å². The van der Waals surface area contributed by atoms with E-state index in [4.69, 9.17) is 0 Å². The van der Waals surface area contributed by atoms with E-state index in [1.165, 1.54) is 0 Å². The number of hydrogen-bond donors (Lipinski definition) is 3. The number of benzene rings is 3. The van der Waals surface area contributed by atoms with Crippen LogP contribution in [0.2, 0.25) is 0 Å². The first-order chi connectivity index (χ1) is 13.7. The number of anilines is 3. The van der Waals surface area contributed by atoms with Crippen LogP contribution in [-0.4, -0.2) is 18.9 Å². The molecule has 0 saturated carbocycles. The average molecular weight is 373 g/mol. The van der Waals surface area contributed by atoms with Crippen molar-refractivity contribution >= 4 is 28.9 Å². The van der Waals surface area contributed by atoms with Crippen LogP contribution in [0.1, 0.15) is 22.3 Å². The van der Waals surface area contributed by atoms with Crippen LogP contribution >= 0.6 is 0 Å². The van der Waals surface area contributed by atoms with Gasteiger partial charge in [0.2, 0.25) is 5.91 Å². The zero-order valence-corrected chi connectivity index (χ0v) is 15.7. The summed E-state index contributed by atoms with van der Waals surface area (Å²) in [7, 11) is 1.63. The molecule has 0 unspecified atom stereocenters. The molecule has 5 nitrogen and oxygen atoms in total. The lowest BCUT2D eigenvalue weighted by Gasteiger charge is -2.12. The van der Waals surface area contributed by atoms with Gasteiger partial charge in [0.05, 0.1) is 11.3 Å². The van der Waals surface area contributed by atoms with Crippen LogP contribution in [0.5, 0.6) is 0 Å². The molecule has 3 rings (SSSR count). The zero-order valence-electron chi connectivity index (χ0n) is 15.7. The van der Waals surface area contributed by atoms with E-state index in [-0.39, 0.29) is 11.8 Å². The van der Waals surface area contributed by atoms with Gasteiger partial charge in [0, 0.05) is 24.8 Å². The third-order valence-corrected chi connectivity index (χ3v) is 4.36. The molecule has 0 bridgehead atoms. The minimum Gasteiger partial charge on any atom is -0.359 e. The van der Waals surface area contributed by atoms with Crippen molar-refractivity contribution in [3.05, 3.63) is 90.0 Å². The summed E-state index contributed by atoms with van der Waals surface area (Å²) in [6.07, 6.45) is 1.11. The third kappa shape index (κ3) is 5.20. The highest BCUT2D eigenvalue weighted by Crippen LogP contribution is 2.22. The first kappa shape index (κ1) is 19.2. The molecule has 0 aromatic heterocycles. The summed E-state index contributed by atoms with van der Waals surface area (Å²) in [5.74, 6) is -0.169. The normalized spacial score (nSPS) is 10.2. The Hall–Kier alpha value is -3.60. The smallest absolute Gasteiger partial charge is 0.257 e. The Balaban J connectivity index is 1.67. The van der Waals surface area contributed by atoms with E-state index in [9.17, 15) is 9.59 Å². The Bertz CT molecular complexity index is 938. The van der Waals surface area contributed by atoms with Crippen LogP contribution in [0, 0.1) is 0 Å². The second-order valence-corrected chi connectivity index (χ2v) is 6.36. The van der Waals surface area contributed by atoms with E-state index in [0.717, 1.165) is 16.9 Å². The van der Waals surface area contributed by atoms with Crippen LogP contribution in [0.15, 0.2) is 78.9 Å². The van der Waals surface area contributed by atoms with E-state index in [1.54, 1.807) is 13.1 Å². The maximum atomic E-state index is 12.8. The van der Waals surface area contributed by atoms with Crippen LogP contribution in [0.25, 0.3) is 0 Å². The fourth-order valence-corrected chi connectivity index (χ4v) is 2.80. The molecule has 3 aromatic carbocycles. The second kappa shape index (κ2) is 9.37.